The first-order valence-electron chi connectivity index (χ1n) is 7.75. The molecule has 1 aliphatic heterocycles. The molecule has 21 heavy (non-hydrogen) atoms. The maximum absolute atomic E-state index is 12.0. The van der Waals surface area contributed by atoms with Crippen LogP contribution >= 0.6 is 0 Å². The maximum atomic E-state index is 12.0. The molecule has 1 rings (SSSR count). The van der Waals surface area contributed by atoms with E-state index in [2.05, 4.69) is 0 Å². The first-order valence-corrected chi connectivity index (χ1v) is 7.75. The number of piperidine rings is 1. The number of ether oxygens (including phenoxy) is 1. The van der Waals surface area contributed by atoms with Crippen molar-refractivity contribution in [1.29, 1.82) is 0 Å². The zero-order chi connectivity index (χ0) is 16.0. The topological polar surface area (TPSA) is 63.7 Å². The zero-order valence-corrected chi connectivity index (χ0v) is 13.6. The number of rotatable bonds is 5. The molecule has 0 spiro atoms. The van der Waals surface area contributed by atoms with Crippen LogP contribution in [-0.2, 0) is 14.3 Å². The summed E-state index contributed by atoms with van der Waals surface area (Å²) in [5.41, 5.74) is -0.504. The summed E-state index contributed by atoms with van der Waals surface area (Å²) in [4.78, 5) is 37.1. The third kappa shape index (κ3) is 6.27. The molecule has 1 fully saturated rings. The van der Waals surface area contributed by atoms with Crippen LogP contribution in [0.5, 0.6) is 0 Å². The van der Waals surface area contributed by atoms with Gasteiger partial charge in [0.1, 0.15) is 17.2 Å². The maximum Gasteiger partial charge on any atom is 0.410 e. The van der Waals surface area contributed by atoms with Crippen LogP contribution in [0.2, 0.25) is 0 Å². The van der Waals surface area contributed by atoms with Gasteiger partial charge in [-0.05, 0) is 40.0 Å². The Balaban J connectivity index is 2.40. The highest BCUT2D eigenvalue weighted by Crippen LogP contribution is 2.21. The van der Waals surface area contributed by atoms with Gasteiger partial charge in [0.25, 0.3) is 0 Å². The van der Waals surface area contributed by atoms with Crippen LogP contribution < -0.4 is 0 Å². The minimum Gasteiger partial charge on any atom is -0.444 e. The van der Waals surface area contributed by atoms with Gasteiger partial charge in [-0.1, -0.05) is 6.92 Å². The van der Waals surface area contributed by atoms with Crippen LogP contribution in [0.1, 0.15) is 59.8 Å². The molecular weight excluding hydrogens is 270 g/mol. The smallest absolute Gasteiger partial charge is 0.410 e. The summed E-state index contributed by atoms with van der Waals surface area (Å²) in [6, 6.07) is 0. The highest BCUT2D eigenvalue weighted by Gasteiger charge is 2.30. The molecule has 0 aromatic rings. The van der Waals surface area contributed by atoms with Gasteiger partial charge in [0, 0.05) is 25.4 Å². The number of carbonyl (C=O) groups excluding carboxylic acids is 3. The van der Waals surface area contributed by atoms with Gasteiger partial charge in [-0.15, -0.1) is 0 Å². The summed E-state index contributed by atoms with van der Waals surface area (Å²) < 4.78 is 5.32. The Labute approximate surface area is 127 Å². The van der Waals surface area contributed by atoms with Crippen molar-refractivity contribution in [3.8, 4) is 0 Å². The average molecular weight is 297 g/mol. The summed E-state index contributed by atoms with van der Waals surface area (Å²) in [5.74, 6) is -0.0427. The number of Topliss-reactive ketones (excluding diaryl/α,β-unsaturated/α-hetero) is 2. The predicted octanol–water partition coefficient (Wildman–Crippen LogP) is 2.96. The van der Waals surface area contributed by atoms with E-state index < -0.39 is 5.60 Å². The van der Waals surface area contributed by atoms with Crippen LogP contribution in [0.3, 0.4) is 0 Å². The van der Waals surface area contributed by atoms with Gasteiger partial charge < -0.3 is 9.64 Å². The molecule has 120 valence electrons. The number of carbonyl (C=O) groups is 3. The number of ketones is 2. The van der Waals surface area contributed by atoms with Crippen LogP contribution in [0.4, 0.5) is 4.79 Å². The molecule has 5 nitrogen and oxygen atoms in total. The monoisotopic (exact) mass is 297 g/mol. The number of amides is 1. The van der Waals surface area contributed by atoms with Crippen molar-refractivity contribution in [1.82, 2.24) is 4.90 Å². The van der Waals surface area contributed by atoms with Crippen molar-refractivity contribution in [3.05, 3.63) is 0 Å². The predicted molar refractivity (Wildman–Crippen MR) is 80.1 cm³/mol. The van der Waals surface area contributed by atoms with E-state index in [0.717, 1.165) is 6.42 Å². The number of hydrogen-bond acceptors (Lipinski definition) is 4. The van der Waals surface area contributed by atoms with Gasteiger partial charge >= 0.3 is 6.09 Å². The summed E-state index contributed by atoms with van der Waals surface area (Å²) in [7, 11) is 0. The molecule has 1 aliphatic rings. The molecule has 0 atom stereocenters. The number of nitrogens with zero attached hydrogens (tertiary/aromatic N) is 1. The van der Waals surface area contributed by atoms with Gasteiger partial charge in [-0.2, -0.15) is 0 Å². The Morgan fingerprint density at radius 3 is 2.19 bits per heavy atom. The quantitative estimate of drug-likeness (QED) is 0.732. The normalized spacial score (nSPS) is 16.7. The van der Waals surface area contributed by atoms with E-state index in [1.165, 1.54) is 0 Å². The summed E-state index contributed by atoms with van der Waals surface area (Å²) in [5, 5.41) is 0. The lowest BCUT2D eigenvalue weighted by Gasteiger charge is -2.32. The van der Waals surface area contributed by atoms with Crippen molar-refractivity contribution in [2.75, 3.05) is 13.1 Å². The van der Waals surface area contributed by atoms with Crippen molar-refractivity contribution >= 4 is 17.7 Å². The molecular formula is C16H27NO4. The van der Waals surface area contributed by atoms with E-state index in [0.29, 0.717) is 32.4 Å². The minimum atomic E-state index is -0.504. The molecule has 0 saturated carbocycles. The molecule has 1 heterocycles. The van der Waals surface area contributed by atoms with Gasteiger partial charge in [0.15, 0.2) is 0 Å². The van der Waals surface area contributed by atoms with Crippen LogP contribution in [0, 0.1) is 5.92 Å². The second-order valence-electron chi connectivity index (χ2n) is 6.67. The highest BCUT2D eigenvalue weighted by atomic mass is 16.6. The molecule has 0 N–H and O–H groups in total. The van der Waals surface area contributed by atoms with E-state index in [1.807, 2.05) is 27.7 Å². The largest absolute Gasteiger partial charge is 0.444 e. The molecule has 1 saturated heterocycles. The van der Waals surface area contributed by atoms with E-state index in [1.54, 1.807) is 4.90 Å². The average Bonchev–Trinajstić information content (AvgIpc) is 2.37. The second-order valence-corrected chi connectivity index (χ2v) is 6.67. The van der Waals surface area contributed by atoms with E-state index in [-0.39, 0.29) is 30.0 Å². The lowest BCUT2D eigenvalue weighted by Crippen LogP contribution is -2.43. The van der Waals surface area contributed by atoms with Crippen LogP contribution in [-0.4, -0.2) is 41.3 Å². The minimum absolute atomic E-state index is 0.0251. The van der Waals surface area contributed by atoms with Crippen LogP contribution in [0.25, 0.3) is 0 Å². The standard InChI is InChI=1S/C16H27NO4/c1-5-6-13(18)11-14(19)12-7-9-17(10-8-12)15(20)21-16(2,3)4/h12H,5-11H2,1-4H3. The Hall–Kier alpha value is -1.39. The summed E-state index contributed by atoms with van der Waals surface area (Å²) >= 11 is 0. The molecule has 0 aliphatic carbocycles. The molecule has 0 unspecified atom stereocenters. The Morgan fingerprint density at radius 2 is 1.71 bits per heavy atom. The zero-order valence-electron chi connectivity index (χ0n) is 13.6. The Morgan fingerprint density at radius 1 is 1.14 bits per heavy atom. The Bertz CT molecular complexity index is 390. The third-order valence-electron chi connectivity index (χ3n) is 3.50. The van der Waals surface area contributed by atoms with Crippen LogP contribution in [0.15, 0.2) is 0 Å². The first-order chi connectivity index (χ1) is 9.73. The summed E-state index contributed by atoms with van der Waals surface area (Å²) in [6.07, 6.45) is 2.22. The van der Waals surface area contributed by atoms with E-state index in [9.17, 15) is 14.4 Å². The fourth-order valence-electron chi connectivity index (χ4n) is 2.42. The van der Waals surface area contributed by atoms with Gasteiger partial charge in [-0.3, -0.25) is 9.59 Å². The Kier molecular flexibility index (Phi) is 6.37. The van der Waals surface area contributed by atoms with Crippen molar-refractivity contribution in [3.63, 3.8) is 0 Å². The number of likely N-dealkylation sites (tertiary alicyclic amines) is 1. The van der Waals surface area contributed by atoms with E-state index >= 15 is 0 Å². The van der Waals surface area contributed by atoms with Crippen molar-refractivity contribution < 1.29 is 19.1 Å². The number of hydrogen-bond donors (Lipinski definition) is 0. The molecule has 0 aromatic heterocycles. The fourth-order valence-corrected chi connectivity index (χ4v) is 2.42. The van der Waals surface area contributed by atoms with E-state index in [4.69, 9.17) is 4.74 Å². The highest BCUT2D eigenvalue weighted by molar-refractivity contribution is 6.00. The third-order valence-corrected chi connectivity index (χ3v) is 3.50. The molecule has 0 aromatic carbocycles. The fraction of sp³-hybridized carbons (Fsp3) is 0.812. The summed E-state index contributed by atoms with van der Waals surface area (Å²) in [6.45, 7) is 8.48. The lowest BCUT2D eigenvalue weighted by molar-refractivity contribution is -0.130. The van der Waals surface area contributed by atoms with Gasteiger partial charge in [0.05, 0.1) is 6.42 Å². The molecule has 1 amide bonds. The second kappa shape index (κ2) is 7.57. The van der Waals surface area contributed by atoms with Crippen molar-refractivity contribution in [2.45, 2.75) is 65.4 Å². The van der Waals surface area contributed by atoms with Gasteiger partial charge in [-0.25, -0.2) is 4.79 Å². The SMILES string of the molecule is CCCC(=O)CC(=O)C1CCN(C(=O)OC(C)(C)C)CC1. The van der Waals surface area contributed by atoms with Crippen molar-refractivity contribution in [2.24, 2.45) is 5.92 Å². The molecule has 0 radical (unpaired) electrons. The molecule has 0 bridgehead atoms. The first kappa shape index (κ1) is 17.7. The lowest BCUT2D eigenvalue weighted by atomic mass is 9.90. The van der Waals surface area contributed by atoms with Gasteiger partial charge in [0.2, 0.25) is 0 Å². The molecule has 5 heteroatoms.